The summed E-state index contributed by atoms with van der Waals surface area (Å²) < 4.78 is 5.50. The molecule has 7 heteroatoms. The van der Waals surface area contributed by atoms with Crippen molar-refractivity contribution in [3.05, 3.63) is 70.3 Å². The highest BCUT2D eigenvalue weighted by Gasteiger charge is 2.20. The number of hydrogen-bond donors (Lipinski definition) is 2. The molecule has 0 amide bonds. The molecule has 5 rings (SSSR count). The number of thiophene rings is 1. The molecule has 1 fully saturated rings. The molecule has 2 aromatic carbocycles. The fraction of sp³-hybridized carbons (Fsp3) is 0.250. The monoisotopic (exact) mass is 451 g/mol. The van der Waals surface area contributed by atoms with Gasteiger partial charge in [-0.2, -0.15) is 0 Å². The van der Waals surface area contributed by atoms with E-state index in [0.717, 1.165) is 82.1 Å². The van der Waals surface area contributed by atoms with E-state index in [4.69, 9.17) is 26.3 Å². The second kappa shape index (κ2) is 8.93. The molecule has 4 aromatic rings. The molecule has 1 aliphatic heterocycles. The number of fused-ring (bicyclic) bond motifs is 1. The molecular formula is C24H24ClN4OS+. The van der Waals surface area contributed by atoms with Crippen LogP contribution in [0.25, 0.3) is 21.3 Å². The average Bonchev–Trinajstić information content (AvgIpc) is 3.22. The van der Waals surface area contributed by atoms with Gasteiger partial charge in [0.2, 0.25) is 0 Å². The lowest BCUT2D eigenvalue weighted by Crippen LogP contribution is -3.12. The summed E-state index contributed by atoms with van der Waals surface area (Å²) in [6.45, 7) is 6.35. The van der Waals surface area contributed by atoms with E-state index in [9.17, 15) is 0 Å². The molecule has 1 saturated heterocycles. The SMILES string of the molecule is Cc1ccc(Nc2nc(C[NH+]3CCOCC3)nc3scc(-c4ccccc4)c23)cc1Cl. The molecule has 0 atom stereocenters. The average molecular weight is 452 g/mol. The lowest BCUT2D eigenvalue weighted by atomic mass is 10.1. The third-order valence-electron chi connectivity index (χ3n) is 5.61. The predicted octanol–water partition coefficient (Wildman–Crippen LogP) is 4.48. The van der Waals surface area contributed by atoms with Gasteiger partial charge in [0.1, 0.15) is 30.3 Å². The Hall–Kier alpha value is -2.51. The van der Waals surface area contributed by atoms with Gasteiger partial charge in [0.05, 0.1) is 18.6 Å². The summed E-state index contributed by atoms with van der Waals surface area (Å²) in [6.07, 6.45) is 0. The molecule has 2 N–H and O–H groups in total. The molecule has 0 unspecified atom stereocenters. The quantitative estimate of drug-likeness (QED) is 0.469. The highest BCUT2D eigenvalue weighted by atomic mass is 35.5. The van der Waals surface area contributed by atoms with Gasteiger partial charge in [-0.15, -0.1) is 11.3 Å². The molecule has 158 valence electrons. The van der Waals surface area contributed by atoms with Crippen LogP contribution in [0.15, 0.2) is 53.9 Å². The molecule has 0 bridgehead atoms. The maximum absolute atomic E-state index is 6.38. The van der Waals surface area contributed by atoms with E-state index in [1.807, 2.05) is 31.2 Å². The standard InChI is InChI=1S/C24H23ClN4OS/c1-16-7-8-18(13-20(16)25)26-23-22-19(17-5-3-2-4-6-17)15-31-24(22)28-21(27-23)14-29-9-11-30-12-10-29/h2-8,13,15H,9-12,14H2,1H3,(H,26,27,28)/p+1. The fourth-order valence-electron chi connectivity index (χ4n) is 3.85. The number of benzene rings is 2. The van der Waals surface area contributed by atoms with Crippen LogP contribution in [0.1, 0.15) is 11.4 Å². The van der Waals surface area contributed by atoms with Gasteiger partial charge < -0.3 is 15.0 Å². The van der Waals surface area contributed by atoms with Gasteiger partial charge in [-0.3, -0.25) is 0 Å². The summed E-state index contributed by atoms with van der Waals surface area (Å²) in [4.78, 5) is 12.4. The van der Waals surface area contributed by atoms with E-state index in [2.05, 4.69) is 35.0 Å². The van der Waals surface area contributed by atoms with Crippen LogP contribution in [0.2, 0.25) is 5.02 Å². The van der Waals surface area contributed by atoms with Crippen LogP contribution in [0.4, 0.5) is 11.5 Å². The van der Waals surface area contributed by atoms with Crippen molar-refractivity contribution in [2.24, 2.45) is 0 Å². The maximum Gasteiger partial charge on any atom is 0.187 e. The first kappa shape index (κ1) is 20.4. The van der Waals surface area contributed by atoms with Gasteiger partial charge in [-0.05, 0) is 30.2 Å². The van der Waals surface area contributed by atoms with E-state index >= 15 is 0 Å². The van der Waals surface area contributed by atoms with Gasteiger partial charge in [-0.25, -0.2) is 9.97 Å². The van der Waals surface area contributed by atoms with Gasteiger partial charge >= 0.3 is 0 Å². The van der Waals surface area contributed by atoms with Crippen LogP contribution >= 0.6 is 22.9 Å². The predicted molar refractivity (Wildman–Crippen MR) is 128 cm³/mol. The van der Waals surface area contributed by atoms with Crippen LogP contribution in [0.3, 0.4) is 0 Å². The van der Waals surface area contributed by atoms with Gasteiger partial charge in [0, 0.05) is 21.7 Å². The number of quaternary nitrogens is 1. The third kappa shape index (κ3) is 4.43. The Labute approximate surface area is 190 Å². The maximum atomic E-state index is 6.38. The molecule has 3 heterocycles. The van der Waals surface area contributed by atoms with Crippen LogP contribution in [0.5, 0.6) is 0 Å². The van der Waals surface area contributed by atoms with E-state index in [1.54, 1.807) is 11.3 Å². The zero-order valence-corrected chi connectivity index (χ0v) is 18.9. The van der Waals surface area contributed by atoms with Crippen LogP contribution in [-0.4, -0.2) is 36.3 Å². The molecule has 1 aliphatic rings. The molecule has 0 spiro atoms. The third-order valence-corrected chi connectivity index (χ3v) is 6.89. The number of aromatic nitrogens is 2. The number of hydrogen-bond acceptors (Lipinski definition) is 5. The summed E-state index contributed by atoms with van der Waals surface area (Å²) in [5, 5.41) is 7.49. The first-order valence-electron chi connectivity index (χ1n) is 10.5. The number of anilines is 2. The number of aryl methyl sites for hydroxylation is 1. The molecule has 0 radical (unpaired) electrons. The minimum Gasteiger partial charge on any atom is -0.370 e. The smallest absolute Gasteiger partial charge is 0.187 e. The Bertz CT molecular complexity index is 1210. The Morgan fingerprint density at radius 3 is 2.68 bits per heavy atom. The van der Waals surface area contributed by atoms with E-state index in [-0.39, 0.29) is 0 Å². The number of nitrogens with one attached hydrogen (secondary N) is 2. The minimum absolute atomic E-state index is 0.738. The highest BCUT2D eigenvalue weighted by molar-refractivity contribution is 7.17. The van der Waals surface area contributed by atoms with Crippen LogP contribution in [0, 0.1) is 6.92 Å². The second-order valence-corrected chi connectivity index (χ2v) is 9.08. The van der Waals surface area contributed by atoms with Crippen LogP contribution < -0.4 is 10.2 Å². The van der Waals surface area contributed by atoms with E-state index < -0.39 is 0 Å². The zero-order valence-electron chi connectivity index (χ0n) is 17.3. The van der Waals surface area contributed by atoms with E-state index in [0.29, 0.717) is 0 Å². The Balaban J connectivity index is 1.59. The molecule has 31 heavy (non-hydrogen) atoms. The highest BCUT2D eigenvalue weighted by Crippen LogP contribution is 2.38. The van der Waals surface area contributed by atoms with Gasteiger partial charge in [0.15, 0.2) is 5.82 Å². The Morgan fingerprint density at radius 1 is 1.10 bits per heavy atom. The van der Waals surface area contributed by atoms with Crippen molar-refractivity contribution in [3.8, 4) is 11.1 Å². The molecular weight excluding hydrogens is 428 g/mol. The topological polar surface area (TPSA) is 51.5 Å². The number of nitrogens with zero attached hydrogens (tertiary/aromatic N) is 2. The largest absolute Gasteiger partial charge is 0.370 e. The van der Waals surface area contributed by atoms with Crippen molar-refractivity contribution in [3.63, 3.8) is 0 Å². The summed E-state index contributed by atoms with van der Waals surface area (Å²) in [5.41, 5.74) is 4.28. The van der Waals surface area contributed by atoms with Crippen molar-refractivity contribution in [1.82, 2.24) is 9.97 Å². The number of rotatable bonds is 5. The summed E-state index contributed by atoms with van der Waals surface area (Å²) in [5.74, 6) is 1.68. The Morgan fingerprint density at radius 2 is 1.90 bits per heavy atom. The second-order valence-electron chi connectivity index (χ2n) is 7.81. The minimum atomic E-state index is 0.738. The van der Waals surface area contributed by atoms with E-state index in [1.165, 1.54) is 4.90 Å². The molecule has 2 aromatic heterocycles. The van der Waals surface area contributed by atoms with Gasteiger partial charge in [-0.1, -0.05) is 48.0 Å². The summed E-state index contributed by atoms with van der Waals surface area (Å²) in [7, 11) is 0. The lowest BCUT2D eigenvalue weighted by molar-refractivity contribution is -0.922. The zero-order chi connectivity index (χ0) is 21.2. The first-order valence-corrected chi connectivity index (χ1v) is 11.7. The van der Waals surface area contributed by atoms with Crippen molar-refractivity contribution < 1.29 is 9.64 Å². The van der Waals surface area contributed by atoms with Crippen molar-refractivity contribution in [2.75, 3.05) is 31.6 Å². The van der Waals surface area contributed by atoms with Crippen LogP contribution in [-0.2, 0) is 11.3 Å². The number of morpholine rings is 1. The number of halogens is 1. The normalized spacial score (nSPS) is 14.8. The lowest BCUT2D eigenvalue weighted by Gasteiger charge is -2.23. The summed E-state index contributed by atoms with van der Waals surface area (Å²) >= 11 is 8.04. The van der Waals surface area contributed by atoms with Crippen molar-refractivity contribution >= 4 is 44.7 Å². The molecule has 0 aliphatic carbocycles. The molecule has 0 saturated carbocycles. The van der Waals surface area contributed by atoms with Crippen molar-refractivity contribution in [2.45, 2.75) is 13.5 Å². The van der Waals surface area contributed by atoms with Crippen molar-refractivity contribution in [1.29, 1.82) is 0 Å². The molecule has 5 nitrogen and oxygen atoms in total. The number of ether oxygens (including phenoxy) is 1. The van der Waals surface area contributed by atoms with Gasteiger partial charge in [0.25, 0.3) is 0 Å². The summed E-state index contributed by atoms with van der Waals surface area (Å²) in [6, 6.07) is 16.4. The first-order chi connectivity index (χ1) is 15.2. The fourth-order valence-corrected chi connectivity index (χ4v) is 5.00. The Kier molecular flexibility index (Phi) is 5.87.